The maximum atomic E-state index is 12.8. The predicted octanol–water partition coefficient (Wildman–Crippen LogP) is 3.50. The van der Waals surface area contributed by atoms with Crippen LogP contribution in [0.25, 0.3) is 0 Å². The van der Waals surface area contributed by atoms with Gasteiger partial charge in [0.2, 0.25) is 0 Å². The second-order valence-electron chi connectivity index (χ2n) is 6.78. The smallest absolute Gasteiger partial charge is 0.387 e. The van der Waals surface area contributed by atoms with Crippen LogP contribution in [0, 0.1) is 13.8 Å². The van der Waals surface area contributed by atoms with Crippen molar-refractivity contribution in [2.75, 3.05) is 26.2 Å². The van der Waals surface area contributed by atoms with Crippen LogP contribution in [0.3, 0.4) is 0 Å². The van der Waals surface area contributed by atoms with E-state index in [0.717, 1.165) is 11.1 Å². The fourth-order valence-electron chi connectivity index (χ4n) is 3.35. The number of rotatable bonds is 4. The molecule has 1 aliphatic rings. The van der Waals surface area contributed by atoms with E-state index in [1.54, 1.807) is 15.9 Å². The molecule has 0 atom stereocenters. The van der Waals surface area contributed by atoms with Crippen molar-refractivity contribution in [3.8, 4) is 5.75 Å². The first-order valence-corrected chi connectivity index (χ1v) is 9.06. The Morgan fingerprint density at radius 3 is 2.04 bits per heavy atom. The minimum atomic E-state index is -3.00. The first-order valence-electron chi connectivity index (χ1n) is 9.06. The molecule has 1 heterocycles. The molecular weight excluding hydrogens is 366 g/mol. The summed E-state index contributed by atoms with van der Waals surface area (Å²) in [6.07, 6.45) is 0. The van der Waals surface area contributed by atoms with Crippen LogP contribution in [0.2, 0.25) is 0 Å². The zero-order valence-electron chi connectivity index (χ0n) is 15.8. The normalized spacial score (nSPS) is 14.3. The number of nitrogens with zero attached hydrogens (tertiary/aromatic N) is 2. The van der Waals surface area contributed by atoms with E-state index in [0.29, 0.717) is 31.7 Å². The molecule has 0 aliphatic carbocycles. The van der Waals surface area contributed by atoms with E-state index < -0.39 is 6.61 Å². The van der Waals surface area contributed by atoms with E-state index in [1.165, 1.54) is 18.2 Å². The fraction of sp³-hybridized carbons (Fsp3) is 0.333. The lowest BCUT2D eigenvalue weighted by molar-refractivity contribution is -0.0503. The molecule has 148 valence electrons. The van der Waals surface area contributed by atoms with Gasteiger partial charge in [0.25, 0.3) is 11.8 Å². The van der Waals surface area contributed by atoms with Crippen LogP contribution in [0.15, 0.2) is 42.5 Å². The SMILES string of the molecule is Cc1ccc(C(=O)N2CCN(C(=O)c3ccccc3OC(F)F)CC2)c(C)c1. The number of piperazine rings is 1. The summed E-state index contributed by atoms with van der Waals surface area (Å²) < 4.78 is 29.6. The van der Waals surface area contributed by atoms with Gasteiger partial charge in [0, 0.05) is 31.7 Å². The van der Waals surface area contributed by atoms with Gasteiger partial charge in [0.1, 0.15) is 5.75 Å². The van der Waals surface area contributed by atoms with Crippen molar-refractivity contribution in [1.82, 2.24) is 9.80 Å². The standard InChI is InChI=1S/C21H22F2N2O3/c1-14-7-8-16(15(2)13-14)19(26)24-9-11-25(12-10-24)20(27)17-5-3-4-6-18(17)28-21(22)23/h3-8,13,21H,9-12H2,1-2H3. The van der Waals surface area contributed by atoms with Crippen molar-refractivity contribution >= 4 is 11.8 Å². The lowest BCUT2D eigenvalue weighted by atomic mass is 10.0. The number of hydrogen-bond acceptors (Lipinski definition) is 3. The zero-order chi connectivity index (χ0) is 20.3. The minimum absolute atomic E-state index is 0.0639. The molecule has 0 N–H and O–H groups in total. The molecule has 1 aliphatic heterocycles. The van der Waals surface area contributed by atoms with E-state index in [-0.39, 0.29) is 23.1 Å². The van der Waals surface area contributed by atoms with Gasteiger partial charge in [-0.2, -0.15) is 8.78 Å². The van der Waals surface area contributed by atoms with Gasteiger partial charge in [-0.1, -0.05) is 29.8 Å². The summed E-state index contributed by atoms with van der Waals surface area (Å²) in [6.45, 7) is 2.31. The Morgan fingerprint density at radius 1 is 0.893 bits per heavy atom. The number of ether oxygens (including phenoxy) is 1. The quantitative estimate of drug-likeness (QED) is 0.806. The second-order valence-corrected chi connectivity index (χ2v) is 6.78. The summed E-state index contributed by atoms with van der Waals surface area (Å²) in [5.74, 6) is -0.586. The molecular formula is C21H22F2N2O3. The van der Waals surface area contributed by atoms with E-state index in [2.05, 4.69) is 4.74 Å². The van der Waals surface area contributed by atoms with Crippen molar-refractivity contribution in [3.05, 3.63) is 64.7 Å². The number of para-hydroxylation sites is 1. The number of benzene rings is 2. The van der Waals surface area contributed by atoms with Crippen molar-refractivity contribution in [1.29, 1.82) is 0 Å². The van der Waals surface area contributed by atoms with Crippen LogP contribution < -0.4 is 4.74 Å². The number of hydrogen-bond donors (Lipinski definition) is 0. The summed E-state index contributed by atoms with van der Waals surface area (Å²) in [7, 11) is 0. The monoisotopic (exact) mass is 388 g/mol. The number of amides is 2. The van der Waals surface area contributed by atoms with Gasteiger partial charge in [-0.3, -0.25) is 9.59 Å². The van der Waals surface area contributed by atoms with Gasteiger partial charge in [0.05, 0.1) is 5.56 Å². The Kier molecular flexibility index (Phi) is 5.92. The zero-order valence-corrected chi connectivity index (χ0v) is 15.8. The Hall–Kier alpha value is -2.96. The molecule has 0 saturated carbocycles. The Balaban J connectivity index is 1.67. The van der Waals surface area contributed by atoms with Gasteiger partial charge in [-0.15, -0.1) is 0 Å². The maximum Gasteiger partial charge on any atom is 0.387 e. The average Bonchev–Trinajstić information content (AvgIpc) is 2.67. The largest absolute Gasteiger partial charge is 0.434 e. The highest BCUT2D eigenvalue weighted by atomic mass is 19.3. The molecule has 1 fully saturated rings. The Morgan fingerprint density at radius 2 is 1.46 bits per heavy atom. The molecule has 0 radical (unpaired) electrons. The first kappa shape index (κ1) is 19.8. The maximum absolute atomic E-state index is 12.8. The van der Waals surface area contributed by atoms with E-state index in [9.17, 15) is 18.4 Å². The molecule has 3 rings (SSSR count). The van der Waals surface area contributed by atoms with Gasteiger partial charge >= 0.3 is 6.61 Å². The van der Waals surface area contributed by atoms with Crippen molar-refractivity contribution in [2.24, 2.45) is 0 Å². The second kappa shape index (κ2) is 8.37. The Bertz CT molecular complexity index is 878. The summed E-state index contributed by atoms with van der Waals surface area (Å²) in [5.41, 5.74) is 2.76. The van der Waals surface area contributed by atoms with Crippen molar-refractivity contribution in [2.45, 2.75) is 20.5 Å². The van der Waals surface area contributed by atoms with E-state index in [4.69, 9.17) is 0 Å². The summed E-state index contributed by atoms with van der Waals surface area (Å²) >= 11 is 0. The van der Waals surface area contributed by atoms with Gasteiger partial charge in [-0.05, 0) is 37.6 Å². The molecule has 2 aromatic rings. The molecule has 2 amide bonds. The minimum Gasteiger partial charge on any atom is -0.434 e. The fourth-order valence-corrected chi connectivity index (χ4v) is 3.35. The molecule has 0 unspecified atom stereocenters. The number of alkyl halides is 2. The molecule has 2 aromatic carbocycles. The number of carbonyl (C=O) groups is 2. The van der Waals surface area contributed by atoms with Crippen LogP contribution >= 0.6 is 0 Å². The van der Waals surface area contributed by atoms with Crippen LogP contribution in [0.4, 0.5) is 8.78 Å². The van der Waals surface area contributed by atoms with Crippen molar-refractivity contribution < 1.29 is 23.1 Å². The third kappa shape index (κ3) is 4.30. The molecule has 5 nitrogen and oxygen atoms in total. The van der Waals surface area contributed by atoms with Crippen LogP contribution in [-0.2, 0) is 0 Å². The van der Waals surface area contributed by atoms with E-state index >= 15 is 0 Å². The predicted molar refractivity (Wildman–Crippen MR) is 101 cm³/mol. The van der Waals surface area contributed by atoms with Gasteiger partial charge in [0.15, 0.2) is 0 Å². The summed E-state index contributed by atoms with van der Waals surface area (Å²) in [5, 5.41) is 0. The highest BCUT2D eigenvalue weighted by molar-refractivity contribution is 5.98. The first-order chi connectivity index (χ1) is 13.4. The van der Waals surface area contributed by atoms with Crippen molar-refractivity contribution in [3.63, 3.8) is 0 Å². The van der Waals surface area contributed by atoms with Crippen LogP contribution in [0.5, 0.6) is 5.75 Å². The molecule has 1 saturated heterocycles. The molecule has 28 heavy (non-hydrogen) atoms. The third-order valence-corrected chi connectivity index (χ3v) is 4.80. The van der Waals surface area contributed by atoms with E-state index in [1.807, 2.05) is 32.0 Å². The molecule has 0 spiro atoms. The summed E-state index contributed by atoms with van der Waals surface area (Å²) in [6, 6.07) is 11.6. The topological polar surface area (TPSA) is 49.9 Å². The molecule has 0 aromatic heterocycles. The number of aryl methyl sites for hydroxylation is 2. The van der Waals surface area contributed by atoms with Crippen LogP contribution in [-0.4, -0.2) is 54.4 Å². The Labute approximate surface area is 162 Å². The van der Waals surface area contributed by atoms with Crippen LogP contribution in [0.1, 0.15) is 31.8 Å². The third-order valence-electron chi connectivity index (χ3n) is 4.80. The lowest BCUT2D eigenvalue weighted by Gasteiger charge is -2.35. The highest BCUT2D eigenvalue weighted by Gasteiger charge is 2.27. The van der Waals surface area contributed by atoms with Gasteiger partial charge in [-0.25, -0.2) is 0 Å². The number of carbonyl (C=O) groups excluding carboxylic acids is 2. The highest BCUT2D eigenvalue weighted by Crippen LogP contribution is 2.23. The average molecular weight is 388 g/mol. The molecule has 7 heteroatoms. The lowest BCUT2D eigenvalue weighted by Crippen LogP contribution is -2.50. The van der Waals surface area contributed by atoms with Gasteiger partial charge < -0.3 is 14.5 Å². The molecule has 0 bridgehead atoms. The summed E-state index contributed by atoms with van der Waals surface area (Å²) in [4.78, 5) is 28.8. The number of halogens is 2.